The van der Waals surface area contributed by atoms with E-state index in [0.29, 0.717) is 18.8 Å². The van der Waals surface area contributed by atoms with Crippen molar-refractivity contribution in [1.29, 1.82) is 0 Å². The van der Waals surface area contributed by atoms with E-state index < -0.39 is 5.97 Å². The van der Waals surface area contributed by atoms with E-state index in [1.807, 2.05) is 47.0 Å². The number of aryl methyl sites for hydroxylation is 1. The van der Waals surface area contributed by atoms with Crippen molar-refractivity contribution in [3.8, 4) is 0 Å². The van der Waals surface area contributed by atoms with Gasteiger partial charge >= 0.3 is 5.97 Å². The predicted octanol–water partition coefficient (Wildman–Crippen LogP) is 5.03. The lowest BCUT2D eigenvalue weighted by molar-refractivity contribution is 0.0685. The van der Waals surface area contributed by atoms with Crippen LogP contribution in [0.1, 0.15) is 32.7 Å². The molecule has 0 bridgehead atoms. The minimum atomic E-state index is -0.891. The zero-order chi connectivity index (χ0) is 20.9. The largest absolute Gasteiger partial charge is 0.477 e. The van der Waals surface area contributed by atoms with Crippen molar-refractivity contribution < 1.29 is 9.90 Å². The molecule has 0 unspecified atom stereocenters. The molecule has 4 aromatic rings. The summed E-state index contributed by atoms with van der Waals surface area (Å²) in [4.78, 5) is 12.3. The molecule has 0 spiro atoms. The van der Waals surface area contributed by atoms with Gasteiger partial charge in [-0.2, -0.15) is 0 Å². The number of para-hydroxylation sites is 1. The maximum atomic E-state index is 12.3. The number of fused-ring (bicyclic) bond motifs is 1. The zero-order valence-electron chi connectivity index (χ0n) is 17.1. The smallest absolute Gasteiger partial charge is 0.352 e. The first-order valence-corrected chi connectivity index (χ1v) is 10.3. The highest BCUT2D eigenvalue weighted by Gasteiger charge is 2.22. The Balaban J connectivity index is 1.62. The lowest BCUT2D eigenvalue weighted by Crippen LogP contribution is -2.19. The quantitative estimate of drug-likeness (QED) is 0.409. The second-order valence-electron chi connectivity index (χ2n) is 7.63. The third-order valence-corrected chi connectivity index (χ3v) is 5.47. The molecule has 4 heteroatoms. The molecule has 30 heavy (non-hydrogen) atoms. The van der Waals surface area contributed by atoms with E-state index >= 15 is 0 Å². The van der Waals surface area contributed by atoms with E-state index in [1.54, 1.807) is 0 Å². The Morgan fingerprint density at radius 2 is 1.60 bits per heavy atom. The molecule has 0 fully saturated rings. The number of hydrogen-bond acceptors (Lipinski definition) is 2. The van der Waals surface area contributed by atoms with Gasteiger partial charge in [-0.15, -0.1) is 0 Å². The molecule has 1 aromatic heterocycles. The van der Waals surface area contributed by atoms with Crippen LogP contribution in [-0.2, 0) is 19.5 Å². The first kappa shape index (κ1) is 19.9. The van der Waals surface area contributed by atoms with E-state index in [0.717, 1.165) is 35.0 Å². The summed E-state index contributed by atoms with van der Waals surface area (Å²) in [5.41, 5.74) is 5.72. The van der Waals surface area contributed by atoms with Gasteiger partial charge in [-0.1, -0.05) is 78.4 Å². The molecule has 3 aromatic carbocycles. The molecule has 1 heterocycles. The number of nitrogens with zero attached hydrogens (tertiary/aromatic N) is 1. The normalized spacial score (nSPS) is 11.1. The van der Waals surface area contributed by atoms with Crippen LogP contribution in [0.25, 0.3) is 10.9 Å². The number of aromatic carboxylic acids is 1. The Hall–Kier alpha value is -3.37. The molecule has 4 nitrogen and oxygen atoms in total. The molecular weight excluding hydrogens is 372 g/mol. The number of nitrogens with one attached hydrogen (secondary N) is 1. The first-order valence-electron chi connectivity index (χ1n) is 10.3. The second-order valence-corrected chi connectivity index (χ2v) is 7.63. The third kappa shape index (κ3) is 4.29. The number of hydrogen-bond donors (Lipinski definition) is 2. The van der Waals surface area contributed by atoms with Crippen LogP contribution < -0.4 is 5.32 Å². The summed E-state index contributed by atoms with van der Waals surface area (Å²) in [6.07, 6.45) is 0.908. The number of carbonyl (C=O) groups is 1. The highest BCUT2D eigenvalue weighted by molar-refractivity contribution is 5.98. The lowest BCUT2D eigenvalue weighted by Gasteiger charge is -2.10. The monoisotopic (exact) mass is 398 g/mol. The average Bonchev–Trinajstić information content (AvgIpc) is 3.07. The summed E-state index contributed by atoms with van der Waals surface area (Å²) in [5, 5.41) is 14.5. The Morgan fingerprint density at radius 1 is 0.900 bits per heavy atom. The van der Waals surface area contributed by atoms with Crippen LogP contribution in [-0.4, -0.2) is 22.2 Å². The Kier molecular flexibility index (Phi) is 5.96. The van der Waals surface area contributed by atoms with E-state index in [4.69, 9.17) is 0 Å². The molecule has 0 saturated heterocycles. The van der Waals surface area contributed by atoms with Gasteiger partial charge in [0.25, 0.3) is 0 Å². The van der Waals surface area contributed by atoms with Gasteiger partial charge in [0.2, 0.25) is 0 Å². The molecule has 0 saturated carbocycles. The molecule has 0 radical (unpaired) electrons. The van der Waals surface area contributed by atoms with Crippen molar-refractivity contribution in [2.45, 2.75) is 26.4 Å². The van der Waals surface area contributed by atoms with Gasteiger partial charge in [-0.3, -0.25) is 0 Å². The summed E-state index contributed by atoms with van der Waals surface area (Å²) in [5.74, 6) is -0.891. The highest BCUT2D eigenvalue weighted by Crippen LogP contribution is 2.27. The van der Waals surface area contributed by atoms with Crippen LogP contribution in [0, 0.1) is 6.92 Å². The molecule has 0 aliphatic heterocycles. The van der Waals surface area contributed by atoms with Gasteiger partial charge in [0.1, 0.15) is 5.69 Å². The number of rotatable bonds is 8. The fourth-order valence-electron chi connectivity index (χ4n) is 3.93. The van der Waals surface area contributed by atoms with Crippen molar-refractivity contribution >= 4 is 16.9 Å². The standard InChI is InChI=1S/C26H26N2O2/c1-19-11-13-21(14-12-19)18-28-24-10-6-5-9-22(24)23(25(28)26(29)30)17-27-16-15-20-7-3-2-4-8-20/h2-14,27H,15-18H2,1H3,(H,29,30). The van der Waals surface area contributed by atoms with Crippen LogP contribution in [0.5, 0.6) is 0 Å². The van der Waals surface area contributed by atoms with E-state index in [-0.39, 0.29) is 0 Å². The minimum absolute atomic E-state index is 0.365. The van der Waals surface area contributed by atoms with E-state index in [9.17, 15) is 9.90 Å². The van der Waals surface area contributed by atoms with Crippen LogP contribution in [0.15, 0.2) is 78.9 Å². The zero-order valence-corrected chi connectivity index (χ0v) is 17.1. The number of carboxylic acids is 1. The van der Waals surface area contributed by atoms with Gasteiger partial charge in [0.05, 0.1) is 0 Å². The summed E-state index contributed by atoms with van der Waals surface area (Å²) < 4.78 is 1.93. The van der Waals surface area contributed by atoms with E-state index in [2.05, 4.69) is 48.6 Å². The van der Waals surface area contributed by atoms with Crippen LogP contribution in [0.3, 0.4) is 0 Å². The van der Waals surface area contributed by atoms with Gasteiger partial charge in [0.15, 0.2) is 0 Å². The average molecular weight is 399 g/mol. The Labute approximate surface area is 176 Å². The van der Waals surface area contributed by atoms with Gasteiger partial charge < -0.3 is 15.0 Å². The van der Waals surface area contributed by atoms with E-state index in [1.165, 1.54) is 11.1 Å². The molecule has 0 aliphatic rings. The van der Waals surface area contributed by atoms with Gasteiger partial charge in [-0.25, -0.2) is 4.79 Å². The van der Waals surface area contributed by atoms with Crippen molar-refractivity contribution in [1.82, 2.24) is 9.88 Å². The molecule has 0 atom stereocenters. The maximum absolute atomic E-state index is 12.3. The van der Waals surface area contributed by atoms with Crippen molar-refractivity contribution in [3.05, 3.63) is 107 Å². The van der Waals surface area contributed by atoms with Crippen LogP contribution in [0.4, 0.5) is 0 Å². The molecule has 0 aliphatic carbocycles. The summed E-state index contributed by atoms with van der Waals surface area (Å²) in [6.45, 7) is 3.90. The first-order chi connectivity index (χ1) is 14.6. The predicted molar refractivity (Wildman–Crippen MR) is 121 cm³/mol. The minimum Gasteiger partial charge on any atom is -0.477 e. The lowest BCUT2D eigenvalue weighted by atomic mass is 10.1. The molecule has 0 amide bonds. The molecule has 4 rings (SSSR count). The van der Waals surface area contributed by atoms with Gasteiger partial charge in [0, 0.05) is 29.6 Å². The third-order valence-electron chi connectivity index (χ3n) is 5.47. The summed E-state index contributed by atoms with van der Waals surface area (Å²) in [6, 6.07) is 26.5. The topological polar surface area (TPSA) is 54.3 Å². The van der Waals surface area contributed by atoms with Gasteiger partial charge in [-0.05, 0) is 37.1 Å². The fraction of sp³-hybridized carbons (Fsp3) is 0.192. The fourth-order valence-corrected chi connectivity index (χ4v) is 3.93. The SMILES string of the molecule is Cc1ccc(Cn2c(C(=O)O)c(CNCCc3ccccc3)c3ccccc32)cc1. The number of benzene rings is 3. The number of carboxylic acid groups (broad SMARTS) is 1. The Morgan fingerprint density at radius 3 is 2.33 bits per heavy atom. The molecular formula is C26H26N2O2. The number of aromatic nitrogens is 1. The van der Waals surface area contributed by atoms with Crippen molar-refractivity contribution in [3.63, 3.8) is 0 Å². The molecule has 2 N–H and O–H groups in total. The van der Waals surface area contributed by atoms with Crippen molar-refractivity contribution in [2.75, 3.05) is 6.54 Å². The van der Waals surface area contributed by atoms with Crippen LogP contribution in [0.2, 0.25) is 0 Å². The summed E-state index contributed by atoms with van der Waals surface area (Å²) in [7, 11) is 0. The van der Waals surface area contributed by atoms with Crippen molar-refractivity contribution in [2.24, 2.45) is 0 Å². The second kappa shape index (κ2) is 8.97. The molecule has 152 valence electrons. The Bertz CT molecular complexity index is 1150. The summed E-state index contributed by atoms with van der Waals surface area (Å²) >= 11 is 0. The maximum Gasteiger partial charge on any atom is 0.352 e. The highest BCUT2D eigenvalue weighted by atomic mass is 16.4. The van der Waals surface area contributed by atoms with Crippen LogP contribution >= 0.6 is 0 Å².